The Bertz CT molecular complexity index is 1490. The number of likely N-dealkylation sites (N-methyl/N-ethyl adjacent to an activating group) is 1. The Hall–Kier alpha value is -3.47. The van der Waals surface area contributed by atoms with Gasteiger partial charge in [0, 0.05) is 12.6 Å². The molecular formula is C30H38N2O7S. The summed E-state index contributed by atoms with van der Waals surface area (Å²) in [5.74, 6) is -1.41. The molecule has 0 aliphatic carbocycles. The number of amides is 1. The summed E-state index contributed by atoms with van der Waals surface area (Å²) in [6.07, 6.45) is -0.535. The molecule has 0 bridgehead atoms. The van der Waals surface area contributed by atoms with Gasteiger partial charge in [0.05, 0.1) is 13.5 Å². The Morgan fingerprint density at radius 2 is 1.57 bits per heavy atom. The van der Waals surface area contributed by atoms with Gasteiger partial charge in [-0.25, -0.2) is 13.5 Å². The van der Waals surface area contributed by atoms with E-state index in [4.69, 9.17) is 14.3 Å². The molecule has 40 heavy (non-hydrogen) atoms. The number of sulfonamides is 1. The lowest BCUT2D eigenvalue weighted by Crippen LogP contribution is -2.48. The van der Waals surface area contributed by atoms with Crippen LogP contribution in [0.4, 0.5) is 0 Å². The molecule has 3 aromatic carbocycles. The van der Waals surface area contributed by atoms with E-state index in [2.05, 4.69) is 4.72 Å². The number of para-hydroxylation sites is 1. The third-order valence-corrected chi connectivity index (χ3v) is 7.72. The number of ether oxygens (including phenoxy) is 2. The molecule has 3 aromatic rings. The quantitative estimate of drug-likeness (QED) is 0.274. The number of hydrogen-bond donors (Lipinski definition) is 1. The van der Waals surface area contributed by atoms with Gasteiger partial charge in [0.2, 0.25) is 10.0 Å². The molecule has 0 aromatic heterocycles. The molecule has 3 rings (SSSR count). The largest absolute Gasteiger partial charge is 0.482 e. The third kappa shape index (κ3) is 7.38. The van der Waals surface area contributed by atoms with Crippen molar-refractivity contribution in [1.82, 2.24) is 9.79 Å². The Kier molecular flexibility index (Phi) is 9.28. The molecule has 0 aliphatic heterocycles. The van der Waals surface area contributed by atoms with Gasteiger partial charge in [0.15, 0.2) is 0 Å². The lowest BCUT2D eigenvalue weighted by Gasteiger charge is -2.31. The minimum Gasteiger partial charge on any atom is -0.482 e. The van der Waals surface area contributed by atoms with Crippen molar-refractivity contribution >= 4 is 32.7 Å². The molecule has 9 nitrogen and oxygen atoms in total. The van der Waals surface area contributed by atoms with Gasteiger partial charge < -0.3 is 9.47 Å². The summed E-state index contributed by atoms with van der Waals surface area (Å²) in [4.78, 5) is 30.3. The summed E-state index contributed by atoms with van der Waals surface area (Å²) in [6.45, 7) is 10.8. The molecule has 0 unspecified atom stereocenters. The molecule has 10 heteroatoms. The first-order valence-corrected chi connectivity index (χ1v) is 14.4. The van der Waals surface area contributed by atoms with Crippen LogP contribution in [0.15, 0.2) is 65.6 Å². The highest BCUT2D eigenvalue weighted by atomic mass is 32.2. The Balaban J connectivity index is 1.99. The summed E-state index contributed by atoms with van der Waals surface area (Å²) in [5, 5.41) is 2.89. The minimum atomic E-state index is -4.36. The number of rotatable bonds is 10. The number of fused-ring (bicyclic) bond motifs is 1. The smallest absolute Gasteiger partial charge is 0.308 e. The highest BCUT2D eigenvalue weighted by Gasteiger charge is 2.35. The van der Waals surface area contributed by atoms with Crippen molar-refractivity contribution in [2.45, 2.75) is 70.1 Å². The molecule has 0 spiro atoms. The van der Waals surface area contributed by atoms with Crippen LogP contribution in [0.5, 0.6) is 5.75 Å². The standard InChI is InChI=1S/C30H38N2O7S/c1-20-17-18-21-13-9-10-14-22(21)27(20)30(5,6)38-24-15-11-12-16-25(24)40(35,36)31-23(28(34)32(7)37-8)19-26(33)39-29(2,3)4/h9-18,23,31H,19H2,1-8H3/t23-/m0/s1. The number of esters is 1. The van der Waals surface area contributed by atoms with E-state index < -0.39 is 45.6 Å². The number of nitrogens with zero attached hydrogens (tertiary/aromatic N) is 1. The maximum atomic E-state index is 13.7. The van der Waals surface area contributed by atoms with Crippen molar-refractivity contribution in [3.63, 3.8) is 0 Å². The van der Waals surface area contributed by atoms with Gasteiger partial charge in [-0.15, -0.1) is 0 Å². The fourth-order valence-electron chi connectivity index (χ4n) is 4.55. The van der Waals surface area contributed by atoms with Gasteiger partial charge in [-0.3, -0.25) is 14.4 Å². The fraction of sp³-hybridized carbons (Fsp3) is 0.400. The van der Waals surface area contributed by atoms with Crippen molar-refractivity contribution in [1.29, 1.82) is 0 Å². The number of carbonyl (C=O) groups is 2. The van der Waals surface area contributed by atoms with Crippen LogP contribution in [0.1, 0.15) is 52.2 Å². The summed E-state index contributed by atoms with van der Waals surface area (Å²) in [5.41, 5.74) is 0.166. The van der Waals surface area contributed by atoms with Crippen molar-refractivity contribution in [3.05, 3.63) is 71.8 Å². The Labute approximate surface area is 236 Å². The summed E-state index contributed by atoms with van der Waals surface area (Å²) in [7, 11) is -1.77. The summed E-state index contributed by atoms with van der Waals surface area (Å²) < 4.78 is 41.5. The van der Waals surface area contributed by atoms with Crippen LogP contribution in [-0.4, -0.2) is 51.2 Å². The van der Waals surface area contributed by atoms with E-state index in [0.717, 1.165) is 27.0 Å². The van der Waals surface area contributed by atoms with E-state index in [1.165, 1.54) is 20.2 Å². The van der Waals surface area contributed by atoms with E-state index >= 15 is 0 Å². The van der Waals surface area contributed by atoms with Crippen molar-refractivity contribution in [2.75, 3.05) is 14.2 Å². The summed E-state index contributed by atoms with van der Waals surface area (Å²) >= 11 is 0. The zero-order chi connectivity index (χ0) is 29.9. The van der Waals surface area contributed by atoms with E-state index in [9.17, 15) is 18.0 Å². The van der Waals surface area contributed by atoms with Crippen LogP contribution in [0.25, 0.3) is 10.8 Å². The molecule has 0 heterocycles. The van der Waals surface area contributed by atoms with Crippen LogP contribution in [-0.2, 0) is 34.8 Å². The van der Waals surface area contributed by atoms with Crippen LogP contribution in [0.3, 0.4) is 0 Å². The molecule has 0 saturated heterocycles. The lowest BCUT2D eigenvalue weighted by molar-refractivity contribution is -0.173. The van der Waals surface area contributed by atoms with Crippen LogP contribution < -0.4 is 9.46 Å². The number of nitrogens with one attached hydrogen (secondary N) is 1. The van der Waals surface area contributed by atoms with E-state index in [1.807, 2.05) is 57.2 Å². The maximum absolute atomic E-state index is 13.7. The zero-order valence-corrected chi connectivity index (χ0v) is 25.1. The molecular weight excluding hydrogens is 532 g/mol. The van der Waals surface area contributed by atoms with Gasteiger partial charge in [-0.2, -0.15) is 4.72 Å². The first-order chi connectivity index (χ1) is 18.6. The topological polar surface area (TPSA) is 111 Å². The van der Waals surface area contributed by atoms with Gasteiger partial charge in [-0.1, -0.05) is 48.5 Å². The third-order valence-electron chi connectivity index (χ3n) is 6.21. The van der Waals surface area contributed by atoms with Crippen molar-refractivity contribution < 1.29 is 32.3 Å². The van der Waals surface area contributed by atoms with Crippen LogP contribution in [0, 0.1) is 6.92 Å². The number of aryl methyl sites for hydroxylation is 1. The first-order valence-electron chi connectivity index (χ1n) is 12.9. The molecule has 1 N–H and O–H groups in total. The zero-order valence-electron chi connectivity index (χ0n) is 24.3. The highest BCUT2D eigenvalue weighted by molar-refractivity contribution is 7.89. The fourth-order valence-corrected chi connectivity index (χ4v) is 5.87. The van der Waals surface area contributed by atoms with E-state index in [1.54, 1.807) is 39.0 Å². The number of benzene rings is 3. The monoisotopic (exact) mass is 570 g/mol. The minimum absolute atomic E-state index is 0.0934. The Morgan fingerprint density at radius 3 is 2.23 bits per heavy atom. The van der Waals surface area contributed by atoms with Gasteiger partial charge in [0.1, 0.15) is 27.9 Å². The average Bonchev–Trinajstić information content (AvgIpc) is 2.85. The average molecular weight is 571 g/mol. The van der Waals surface area contributed by atoms with Gasteiger partial charge in [-0.05, 0) is 70.0 Å². The molecule has 1 atom stereocenters. The second kappa shape index (κ2) is 12.0. The van der Waals surface area contributed by atoms with E-state index in [0.29, 0.717) is 0 Å². The van der Waals surface area contributed by atoms with Crippen LogP contribution >= 0.6 is 0 Å². The highest BCUT2D eigenvalue weighted by Crippen LogP contribution is 2.37. The number of carbonyl (C=O) groups excluding carboxylic acids is 2. The molecule has 0 saturated carbocycles. The predicted octanol–water partition coefficient (Wildman–Crippen LogP) is 4.86. The second-order valence-electron chi connectivity index (χ2n) is 11.0. The maximum Gasteiger partial charge on any atom is 0.308 e. The first kappa shape index (κ1) is 31.1. The molecule has 1 amide bonds. The van der Waals surface area contributed by atoms with Gasteiger partial charge in [0.25, 0.3) is 5.91 Å². The SMILES string of the molecule is CON(C)C(=O)[C@H](CC(=O)OC(C)(C)C)NS(=O)(=O)c1ccccc1OC(C)(C)c1c(C)ccc2ccccc12. The molecule has 0 fully saturated rings. The van der Waals surface area contributed by atoms with Crippen molar-refractivity contribution in [2.24, 2.45) is 0 Å². The predicted molar refractivity (Wildman–Crippen MR) is 153 cm³/mol. The normalized spacial score (nSPS) is 13.1. The van der Waals surface area contributed by atoms with Gasteiger partial charge >= 0.3 is 5.97 Å². The van der Waals surface area contributed by atoms with Crippen molar-refractivity contribution in [3.8, 4) is 5.75 Å². The molecule has 0 radical (unpaired) electrons. The molecule has 0 aliphatic rings. The lowest BCUT2D eigenvalue weighted by atomic mass is 9.88. The number of hydroxylamine groups is 2. The summed E-state index contributed by atoms with van der Waals surface area (Å²) in [6, 6.07) is 16.7. The molecule has 216 valence electrons. The Morgan fingerprint density at radius 1 is 0.950 bits per heavy atom. The number of hydrogen-bond acceptors (Lipinski definition) is 7. The van der Waals surface area contributed by atoms with Crippen LogP contribution in [0.2, 0.25) is 0 Å². The second-order valence-corrected chi connectivity index (χ2v) is 12.7. The van der Waals surface area contributed by atoms with E-state index in [-0.39, 0.29) is 10.6 Å².